The second-order valence-corrected chi connectivity index (χ2v) is 7.45. The van der Waals surface area contributed by atoms with Gasteiger partial charge in [0.15, 0.2) is 10.9 Å². The van der Waals surface area contributed by atoms with Crippen molar-refractivity contribution in [3.05, 3.63) is 39.2 Å². The van der Waals surface area contributed by atoms with Crippen molar-refractivity contribution >= 4 is 46.0 Å². The van der Waals surface area contributed by atoms with E-state index in [0.717, 1.165) is 27.4 Å². The van der Waals surface area contributed by atoms with Gasteiger partial charge in [-0.3, -0.25) is 9.59 Å². The van der Waals surface area contributed by atoms with Gasteiger partial charge in [-0.1, -0.05) is 23.9 Å². The lowest BCUT2D eigenvalue weighted by molar-refractivity contribution is -0.118. The number of benzene rings is 1. The quantitative estimate of drug-likeness (QED) is 0.285. The van der Waals surface area contributed by atoms with Crippen LogP contribution in [0.1, 0.15) is 29.5 Å². The van der Waals surface area contributed by atoms with Crippen LogP contribution in [0.4, 0.5) is 0 Å². The first-order valence-corrected chi connectivity index (χ1v) is 9.58. The number of hydrogen-bond acceptors (Lipinski definition) is 5. The van der Waals surface area contributed by atoms with E-state index in [1.54, 1.807) is 0 Å². The number of carbonyl (C=O) groups is 2. The second kappa shape index (κ2) is 9.16. The lowest BCUT2D eigenvalue weighted by atomic mass is 10.2. The summed E-state index contributed by atoms with van der Waals surface area (Å²) in [5.41, 5.74) is 0.709. The van der Waals surface area contributed by atoms with Crippen molar-refractivity contribution < 1.29 is 9.59 Å². The Morgan fingerprint density at radius 1 is 1.25 bits per heavy atom. The van der Waals surface area contributed by atoms with Crippen LogP contribution in [0.15, 0.2) is 29.4 Å². The molecule has 0 saturated heterocycles. The van der Waals surface area contributed by atoms with Crippen molar-refractivity contribution in [1.82, 2.24) is 20.1 Å². The van der Waals surface area contributed by atoms with Gasteiger partial charge in [-0.05, 0) is 41.1 Å². The molecule has 0 radical (unpaired) electrons. The Bertz CT molecular complexity index is 715. The Balaban J connectivity index is 1.85. The van der Waals surface area contributed by atoms with Gasteiger partial charge >= 0.3 is 0 Å². The molecule has 0 saturated carbocycles. The van der Waals surface area contributed by atoms with E-state index in [0.29, 0.717) is 17.9 Å². The third-order valence-corrected chi connectivity index (χ3v) is 5.11. The SMILES string of the molecule is CC(=O)NCCCc1nnc(SCC(=O)c2ccc(I)cc2)n1C. The van der Waals surface area contributed by atoms with E-state index in [1.165, 1.54) is 18.7 Å². The fraction of sp³-hybridized carbons (Fsp3) is 0.375. The normalized spacial score (nSPS) is 10.6. The molecule has 24 heavy (non-hydrogen) atoms. The minimum absolute atomic E-state index is 0.0293. The molecule has 0 spiro atoms. The standard InChI is InChI=1S/C16H19IN4O2S/c1-11(22)18-9-3-4-15-19-20-16(21(15)2)24-10-14(23)12-5-7-13(17)8-6-12/h5-8H,3-4,9-10H2,1-2H3,(H,18,22). The van der Waals surface area contributed by atoms with E-state index >= 15 is 0 Å². The Kier molecular flexibility index (Phi) is 7.22. The maximum Gasteiger partial charge on any atom is 0.216 e. The number of aromatic nitrogens is 3. The lowest BCUT2D eigenvalue weighted by Crippen LogP contribution is -2.21. The molecule has 1 aromatic heterocycles. The molecule has 1 N–H and O–H groups in total. The highest BCUT2D eigenvalue weighted by molar-refractivity contribution is 14.1. The Morgan fingerprint density at radius 3 is 2.62 bits per heavy atom. The molecule has 8 heteroatoms. The summed E-state index contributed by atoms with van der Waals surface area (Å²) < 4.78 is 3.01. The molecule has 128 valence electrons. The van der Waals surface area contributed by atoms with E-state index in [-0.39, 0.29) is 11.7 Å². The topological polar surface area (TPSA) is 76.9 Å². The summed E-state index contributed by atoms with van der Waals surface area (Å²) in [5, 5.41) is 11.8. The highest BCUT2D eigenvalue weighted by Gasteiger charge is 2.12. The molecule has 0 atom stereocenters. The number of Topliss-reactive ketones (excluding diaryl/α,β-unsaturated/α-hetero) is 1. The van der Waals surface area contributed by atoms with Crippen molar-refractivity contribution in [2.24, 2.45) is 7.05 Å². The van der Waals surface area contributed by atoms with E-state index < -0.39 is 0 Å². The van der Waals surface area contributed by atoms with Gasteiger partial charge in [0.1, 0.15) is 5.82 Å². The highest BCUT2D eigenvalue weighted by Crippen LogP contribution is 2.18. The zero-order valence-electron chi connectivity index (χ0n) is 13.6. The number of aryl methyl sites for hydroxylation is 1. The van der Waals surface area contributed by atoms with Crippen LogP contribution in [-0.2, 0) is 18.3 Å². The van der Waals surface area contributed by atoms with E-state index in [2.05, 4.69) is 38.1 Å². The summed E-state index contributed by atoms with van der Waals surface area (Å²) in [5.74, 6) is 1.23. The molecule has 0 bridgehead atoms. The Hall–Kier alpha value is -1.42. The molecule has 1 aromatic carbocycles. The summed E-state index contributed by atoms with van der Waals surface area (Å²) in [6.07, 6.45) is 1.53. The second-order valence-electron chi connectivity index (χ2n) is 5.26. The third-order valence-electron chi connectivity index (χ3n) is 3.37. The fourth-order valence-corrected chi connectivity index (χ4v) is 3.23. The Labute approximate surface area is 158 Å². The van der Waals surface area contributed by atoms with Crippen LogP contribution in [0.2, 0.25) is 0 Å². The van der Waals surface area contributed by atoms with Crippen LogP contribution in [0, 0.1) is 3.57 Å². The van der Waals surface area contributed by atoms with Crippen molar-refractivity contribution in [1.29, 1.82) is 0 Å². The van der Waals surface area contributed by atoms with Crippen molar-refractivity contribution in [2.45, 2.75) is 24.9 Å². The number of rotatable bonds is 8. The number of carbonyl (C=O) groups excluding carboxylic acids is 2. The molecule has 2 rings (SSSR count). The van der Waals surface area contributed by atoms with Gasteiger partial charge in [-0.2, -0.15) is 0 Å². The molecule has 2 aromatic rings. The van der Waals surface area contributed by atoms with Crippen molar-refractivity contribution in [2.75, 3.05) is 12.3 Å². The van der Waals surface area contributed by atoms with Gasteiger partial charge in [0.05, 0.1) is 5.75 Å². The zero-order valence-corrected chi connectivity index (χ0v) is 16.6. The number of thioether (sulfide) groups is 1. The molecule has 0 aliphatic heterocycles. The average Bonchev–Trinajstić information content (AvgIpc) is 2.90. The third kappa shape index (κ3) is 5.59. The molecule has 0 fully saturated rings. The van der Waals surface area contributed by atoms with E-state index in [1.807, 2.05) is 35.9 Å². The van der Waals surface area contributed by atoms with Gasteiger partial charge in [-0.15, -0.1) is 10.2 Å². The van der Waals surface area contributed by atoms with Gasteiger partial charge < -0.3 is 9.88 Å². The maximum absolute atomic E-state index is 12.2. The highest BCUT2D eigenvalue weighted by atomic mass is 127. The molecule has 1 heterocycles. The van der Waals surface area contributed by atoms with Crippen LogP contribution in [0.25, 0.3) is 0 Å². The molecular weight excluding hydrogens is 439 g/mol. The van der Waals surface area contributed by atoms with Crippen LogP contribution in [0.5, 0.6) is 0 Å². The molecule has 0 unspecified atom stereocenters. The van der Waals surface area contributed by atoms with Crippen LogP contribution < -0.4 is 5.32 Å². The van der Waals surface area contributed by atoms with Crippen LogP contribution in [0.3, 0.4) is 0 Å². The molecular formula is C16H19IN4O2S. The largest absolute Gasteiger partial charge is 0.356 e. The molecule has 6 nitrogen and oxygen atoms in total. The summed E-state index contributed by atoms with van der Waals surface area (Å²) in [6.45, 7) is 2.12. The predicted octanol–water partition coefficient (Wildman–Crippen LogP) is 2.46. The number of hydrogen-bond donors (Lipinski definition) is 1. The Morgan fingerprint density at radius 2 is 1.96 bits per heavy atom. The minimum atomic E-state index is -0.0293. The molecule has 0 aliphatic rings. The van der Waals surface area contributed by atoms with Gasteiger partial charge in [-0.25, -0.2) is 0 Å². The lowest BCUT2D eigenvalue weighted by Gasteiger charge is -2.04. The average molecular weight is 458 g/mol. The summed E-state index contributed by atoms with van der Waals surface area (Å²) >= 11 is 3.60. The van der Waals surface area contributed by atoms with Crippen molar-refractivity contribution in [3.63, 3.8) is 0 Å². The van der Waals surface area contributed by atoms with Crippen LogP contribution >= 0.6 is 34.4 Å². The van der Waals surface area contributed by atoms with Crippen molar-refractivity contribution in [3.8, 4) is 0 Å². The van der Waals surface area contributed by atoms with E-state index in [4.69, 9.17) is 0 Å². The number of halogens is 1. The first-order chi connectivity index (χ1) is 11.5. The number of nitrogens with one attached hydrogen (secondary N) is 1. The summed E-state index contributed by atoms with van der Waals surface area (Å²) in [6, 6.07) is 7.53. The molecule has 1 amide bonds. The number of ketones is 1. The van der Waals surface area contributed by atoms with E-state index in [9.17, 15) is 9.59 Å². The van der Waals surface area contributed by atoms with Gasteiger partial charge in [0.2, 0.25) is 5.91 Å². The summed E-state index contributed by atoms with van der Waals surface area (Å²) in [4.78, 5) is 23.0. The minimum Gasteiger partial charge on any atom is -0.356 e. The van der Waals surface area contributed by atoms with Crippen LogP contribution in [-0.4, -0.2) is 38.8 Å². The molecule has 0 aliphatic carbocycles. The zero-order chi connectivity index (χ0) is 17.5. The first-order valence-electron chi connectivity index (χ1n) is 7.51. The number of nitrogens with zero attached hydrogens (tertiary/aromatic N) is 3. The predicted molar refractivity (Wildman–Crippen MR) is 102 cm³/mol. The fourth-order valence-electron chi connectivity index (χ4n) is 2.05. The van der Waals surface area contributed by atoms with Gasteiger partial charge in [0, 0.05) is 36.1 Å². The monoisotopic (exact) mass is 458 g/mol. The summed E-state index contributed by atoms with van der Waals surface area (Å²) in [7, 11) is 1.89. The maximum atomic E-state index is 12.2. The number of amides is 1. The smallest absolute Gasteiger partial charge is 0.216 e. The van der Waals surface area contributed by atoms with Gasteiger partial charge in [0.25, 0.3) is 0 Å². The first kappa shape index (κ1) is 18.9.